The van der Waals surface area contributed by atoms with E-state index in [1.165, 1.54) is 5.56 Å². The van der Waals surface area contributed by atoms with Crippen LogP contribution in [-0.4, -0.2) is 9.97 Å². The van der Waals surface area contributed by atoms with Gasteiger partial charge in [-0.15, -0.1) is 0 Å². The summed E-state index contributed by atoms with van der Waals surface area (Å²) in [5.74, 6) is 0.306. The summed E-state index contributed by atoms with van der Waals surface area (Å²) >= 11 is 0. The number of hydrogen-bond donors (Lipinski definition) is 1. The van der Waals surface area contributed by atoms with E-state index in [1.807, 2.05) is 0 Å². The maximum atomic E-state index is 5.48. The van der Waals surface area contributed by atoms with Crippen LogP contribution in [0.15, 0.2) is 36.7 Å². The molecule has 0 atom stereocenters. The zero-order valence-corrected chi connectivity index (χ0v) is 10.4. The van der Waals surface area contributed by atoms with Gasteiger partial charge in [0.2, 0.25) is 5.95 Å². The molecular formula is C14H17N3. The summed E-state index contributed by atoms with van der Waals surface area (Å²) in [7, 11) is 0. The summed E-state index contributed by atoms with van der Waals surface area (Å²) in [6, 6.07) is 8.44. The Hall–Kier alpha value is -1.90. The molecule has 0 aliphatic rings. The number of rotatable bonds is 1. The molecule has 17 heavy (non-hydrogen) atoms. The maximum Gasteiger partial charge on any atom is 0.219 e. The molecule has 2 aromatic rings. The first-order valence-electron chi connectivity index (χ1n) is 5.65. The molecule has 3 nitrogen and oxygen atoms in total. The molecule has 3 heteroatoms. The highest BCUT2D eigenvalue weighted by Crippen LogP contribution is 2.26. The van der Waals surface area contributed by atoms with Crippen LogP contribution in [0.4, 0.5) is 5.95 Å². The Balaban J connectivity index is 2.43. The molecular weight excluding hydrogens is 210 g/mol. The van der Waals surface area contributed by atoms with Gasteiger partial charge in [0.1, 0.15) is 0 Å². The second kappa shape index (κ2) is 4.17. The van der Waals surface area contributed by atoms with E-state index in [4.69, 9.17) is 5.73 Å². The Morgan fingerprint density at radius 2 is 1.65 bits per heavy atom. The Morgan fingerprint density at radius 3 is 2.24 bits per heavy atom. The smallest absolute Gasteiger partial charge is 0.219 e. The summed E-state index contributed by atoms with van der Waals surface area (Å²) in [5.41, 5.74) is 9.04. The number of anilines is 1. The maximum absolute atomic E-state index is 5.48. The van der Waals surface area contributed by atoms with Crippen LogP contribution in [0.1, 0.15) is 26.3 Å². The van der Waals surface area contributed by atoms with Crippen LogP contribution in [0.5, 0.6) is 0 Å². The van der Waals surface area contributed by atoms with Crippen molar-refractivity contribution in [1.29, 1.82) is 0 Å². The van der Waals surface area contributed by atoms with Gasteiger partial charge < -0.3 is 5.73 Å². The molecule has 2 N–H and O–H groups in total. The predicted octanol–water partition coefficient (Wildman–Crippen LogP) is 3.02. The normalized spacial score (nSPS) is 11.5. The lowest BCUT2D eigenvalue weighted by molar-refractivity contribution is 0.590. The second-order valence-electron chi connectivity index (χ2n) is 5.16. The molecule has 0 unspecified atom stereocenters. The van der Waals surface area contributed by atoms with Gasteiger partial charge in [0.05, 0.1) is 0 Å². The Kier molecular flexibility index (Phi) is 2.84. The highest BCUT2D eigenvalue weighted by molar-refractivity contribution is 5.63. The number of hydrogen-bond acceptors (Lipinski definition) is 3. The number of aromatic nitrogens is 2. The second-order valence-corrected chi connectivity index (χ2v) is 5.16. The Bertz CT molecular complexity index is 510. The molecule has 88 valence electrons. The minimum Gasteiger partial charge on any atom is -0.368 e. The van der Waals surface area contributed by atoms with E-state index in [9.17, 15) is 0 Å². The van der Waals surface area contributed by atoms with Gasteiger partial charge in [0, 0.05) is 18.0 Å². The van der Waals surface area contributed by atoms with Gasteiger partial charge in [0.25, 0.3) is 0 Å². The summed E-state index contributed by atoms with van der Waals surface area (Å²) in [6.07, 6.45) is 3.51. The molecule has 0 fully saturated rings. The molecule has 0 bridgehead atoms. The van der Waals surface area contributed by atoms with Gasteiger partial charge in [0.15, 0.2) is 0 Å². The first-order valence-corrected chi connectivity index (χ1v) is 5.65. The van der Waals surface area contributed by atoms with Crippen LogP contribution >= 0.6 is 0 Å². The predicted molar refractivity (Wildman–Crippen MR) is 70.6 cm³/mol. The third kappa shape index (κ3) is 2.61. The van der Waals surface area contributed by atoms with E-state index in [0.717, 1.165) is 11.1 Å². The third-order valence-electron chi connectivity index (χ3n) is 2.73. The zero-order valence-electron chi connectivity index (χ0n) is 10.4. The minimum absolute atomic E-state index is 0.144. The van der Waals surface area contributed by atoms with Gasteiger partial charge >= 0.3 is 0 Å². The fourth-order valence-electron chi connectivity index (χ4n) is 1.65. The molecule has 0 amide bonds. The SMILES string of the molecule is CC(C)(C)c1cccc(-c2cnc(N)nc2)c1. The fraction of sp³-hybridized carbons (Fsp3) is 0.286. The van der Waals surface area contributed by atoms with Crippen molar-refractivity contribution in [2.45, 2.75) is 26.2 Å². The molecule has 1 aromatic carbocycles. The highest BCUT2D eigenvalue weighted by atomic mass is 15.0. The summed E-state index contributed by atoms with van der Waals surface area (Å²) in [6.45, 7) is 6.60. The van der Waals surface area contributed by atoms with E-state index in [-0.39, 0.29) is 5.41 Å². The highest BCUT2D eigenvalue weighted by Gasteiger charge is 2.13. The lowest BCUT2D eigenvalue weighted by Gasteiger charge is -2.19. The van der Waals surface area contributed by atoms with Crippen molar-refractivity contribution in [3.8, 4) is 11.1 Å². The van der Waals surface area contributed by atoms with E-state index in [0.29, 0.717) is 5.95 Å². The van der Waals surface area contributed by atoms with Crippen LogP contribution in [0.2, 0.25) is 0 Å². The van der Waals surface area contributed by atoms with Crippen LogP contribution in [0, 0.1) is 0 Å². The average molecular weight is 227 g/mol. The molecule has 2 rings (SSSR count). The van der Waals surface area contributed by atoms with Crippen LogP contribution in [-0.2, 0) is 5.41 Å². The topological polar surface area (TPSA) is 51.8 Å². The Labute approximate surface area is 102 Å². The van der Waals surface area contributed by atoms with E-state index >= 15 is 0 Å². The average Bonchev–Trinajstić information content (AvgIpc) is 2.29. The molecule has 0 aliphatic heterocycles. The number of nitrogen functional groups attached to an aromatic ring is 1. The summed E-state index contributed by atoms with van der Waals surface area (Å²) in [5, 5.41) is 0. The molecule has 0 radical (unpaired) electrons. The monoisotopic (exact) mass is 227 g/mol. The number of nitrogens with two attached hydrogens (primary N) is 1. The largest absolute Gasteiger partial charge is 0.368 e. The van der Waals surface area contributed by atoms with Crippen molar-refractivity contribution in [1.82, 2.24) is 9.97 Å². The Morgan fingerprint density at radius 1 is 1.00 bits per heavy atom. The molecule has 0 saturated heterocycles. The van der Waals surface area contributed by atoms with Crippen LogP contribution in [0.3, 0.4) is 0 Å². The van der Waals surface area contributed by atoms with Crippen molar-refractivity contribution in [3.05, 3.63) is 42.2 Å². The number of benzene rings is 1. The van der Waals surface area contributed by atoms with Gasteiger partial charge in [-0.3, -0.25) is 0 Å². The van der Waals surface area contributed by atoms with E-state index in [2.05, 4.69) is 55.0 Å². The zero-order chi connectivity index (χ0) is 12.5. The third-order valence-corrected chi connectivity index (χ3v) is 2.73. The van der Waals surface area contributed by atoms with E-state index < -0.39 is 0 Å². The van der Waals surface area contributed by atoms with Gasteiger partial charge in [-0.1, -0.05) is 45.0 Å². The quantitative estimate of drug-likeness (QED) is 0.814. The first kappa shape index (κ1) is 11.6. The first-order chi connectivity index (χ1) is 7.97. The molecule has 0 aliphatic carbocycles. The van der Waals surface area contributed by atoms with Crippen molar-refractivity contribution in [3.63, 3.8) is 0 Å². The lowest BCUT2D eigenvalue weighted by Crippen LogP contribution is -2.10. The van der Waals surface area contributed by atoms with Crippen molar-refractivity contribution in [2.24, 2.45) is 0 Å². The standard InChI is InChI=1S/C14H17N3/c1-14(2,3)12-6-4-5-10(7-12)11-8-16-13(15)17-9-11/h4-9H,1-3H3,(H2,15,16,17). The van der Waals surface area contributed by atoms with Crippen LogP contribution in [0.25, 0.3) is 11.1 Å². The van der Waals surface area contributed by atoms with Gasteiger partial charge in [-0.2, -0.15) is 0 Å². The van der Waals surface area contributed by atoms with E-state index in [1.54, 1.807) is 12.4 Å². The fourth-order valence-corrected chi connectivity index (χ4v) is 1.65. The van der Waals surface area contributed by atoms with Crippen molar-refractivity contribution >= 4 is 5.95 Å². The molecule has 0 saturated carbocycles. The molecule has 1 aromatic heterocycles. The van der Waals surface area contributed by atoms with Gasteiger partial charge in [-0.25, -0.2) is 9.97 Å². The van der Waals surface area contributed by atoms with Crippen LogP contribution < -0.4 is 5.73 Å². The summed E-state index contributed by atoms with van der Waals surface area (Å²) in [4.78, 5) is 8.03. The van der Waals surface area contributed by atoms with Crippen molar-refractivity contribution < 1.29 is 0 Å². The lowest BCUT2D eigenvalue weighted by atomic mass is 9.86. The molecule has 0 spiro atoms. The van der Waals surface area contributed by atoms with Gasteiger partial charge in [-0.05, 0) is 16.5 Å². The van der Waals surface area contributed by atoms with Crippen molar-refractivity contribution in [2.75, 3.05) is 5.73 Å². The summed E-state index contributed by atoms with van der Waals surface area (Å²) < 4.78 is 0. The molecule has 1 heterocycles. The minimum atomic E-state index is 0.144. The number of nitrogens with zero attached hydrogens (tertiary/aromatic N) is 2.